The third kappa shape index (κ3) is 3.80. The molecular weight excluding hydrogens is 331 g/mol. The molecule has 0 aliphatic carbocycles. The normalized spacial score (nSPS) is 10.4. The molecule has 0 aliphatic heterocycles. The summed E-state index contributed by atoms with van der Waals surface area (Å²) in [6.07, 6.45) is 0.458. The van der Waals surface area contributed by atoms with Crippen LogP contribution in [-0.4, -0.2) is 31.5 Å². The monoisotopic (exact) mass is 342 g/mol. The number of carbonyl (C=O) groups is 1. The fraction of sp³-hybridized carbons (Fsp3) is 0.0667. The van der Waals surface area contributed by atoms with E-state index >= 15 is 0 Å². The second kappa shape index (κ2) is 6.83. The van der Waals surface area contributed by atoms with Crippen molar-refractivity contribution in [1.82, 2.24) is 20.6 Å². The number of nitro groups is 1. The van der Waals surface area contributed by atoms with Crippen LogP contribution in [0.2, 0.25) is 0 Å². The van der Waals surface area contributed by atoms with E-state index in [1.165, 1.54) is 0 Å². The van der Waals surface area contributed by atoms with Crippen LogP contribution in [-0.2, 0) is 6.42 Å². The van der Waals surface area contributed by atoms with Crippen molar-refractivity contribution in [3.63, 3.8) is 0 Å². The summed E-state index contributed by atoms with van der Waals surface area (Å²) in [5, 5.41) is 27.0. The van der Waals surface area contributed by atoms with Gasteiger partial charge >= 0.3 is 0 Å². The van der Waals surface area contributed by atoms with E-state index in [0.717, 1.165) is 23.8 Å². The summed E-state index contributed by atoms with van der Waals surface area (Å²) in [5.41, 5.74) is 0.491. The van der Waals surface area contributed by atoms with Gasteiger partial charge in [0, 0.05) is 18.2 Å². The lowest BCUT2D eigenvalue weighted by Gasteiger charge is -2.07. The van der Waals surface area contributed by atoms with Crippen LogP contribution in [0.1, 0.15) is 21.7 Å². The first kappa shape index (κ1) is 16.2. The summed E-state index contributed by atoms with van der Waals surface area (Å²) in [5.74, 6) is -0.976. The molecule has 0 fully saturated rings. The zero-order valence-electron chi connectivity index (χ0n) is 12.6. The molecule has 0 atom stereocenters. The molecule has 0 saturated heterocycles. The Morgan fingerprint density at radius 2 is 2.00 bits per heavy atom. The molecule has 0 unspecified atom stereocenters. The van der Waals surface area contributed by atoms with Gasteiger partial charge in [-0.3, -0.25) is 14.9 Å². The lowest BCUT2D eigenvalue weighted by atomic mass is 10.1. The molecule has 1 aromatic heterocycles. The quantitative estimate of drug-likeness (QED) is 0.540. The van der Waals surface area contributed by atoms with Crippen LogP contribution in [0.3, 0.4) is 0 Å². The van der Waals surface area contributed by atoms with Crippen LogP contribution in [0.4, 0.5) is 15.8 Å². The zero-order valence-corrected chi connectivity index (χ0v) is 12.6. The predicted octanol–water partition coefficient (Wildman–Crippen LogP) is 2.09. The Morgan fingerprint density at radius 1 is 1.24 bits per heavy atom. The number of nitrogens with zero attached hydrogens (tertiary/aromatic N) is 4. The summed E-state index contributed by atoms with van der Waals surface area (Å²) < 4.78 is 13.3. The number of aromatic nitrogens is 4. The highest BCUT2D eigenvalue weighted by Crippen LogP contribution is 2.21. The molecule has 0 bridgehead atoms. The van der Waals surface area contributed by atoms with E-state index in [2.05, 4.69) is 25.9 Å². The van der Waals surface area contributed by atoms with Gasteiger partial charge < -0.3 is 5.32 Å². The van der Waals surface area contributed by atoms with Gasteiger partial charge in [-0.1, -0.05) is 17.3 Å². The first-order chi connectivity index (χ1) is 12.0. The van der Waals surface area contributed by atoms with Crippen LogP contribution in [0.15, 0.2) is 42.5 Å². The molecule has 3 rings (SSSR count). The number of amides is 1. The zero-order chi connectivity index (χ0) is 17.8. The summed E-state index contributed by atoms with van der Waals surface area (Å²) in [7, 11) is 0. The number of H-pyrrole nitrogens is 1. The molecule has 0 spiro atoms. The van der Waals surface area contributed by atoms with Gasteiger partial charge in [-0.2, -0.15) is 5.21 Å². The molecule has 0 radical (unpaired) electrons. The van der Waals surface area contributed by atoms with Crippen molar-refractivity contribution in [1.29, 1.82) is 0 Å². The largest absolute Gasteiger partial charge is 0.322 e. The van der Waals surface area contributed by atoms with Gasteiger partial charge in [-0.05, 0) is 29.8 Å². The third-order valence-electron chi connectivity index (χ3n) is 3.36. The first-order valence-corrected chi connectivity index (χ1v) is 7.09. The van der Waals surface area contributed by atoms with Gasteiger partial charge in [0.2, 0.25) is 0 Å². The maximum atomic E-state index is 13.3. The number of hydrogen-bond donors (Lipinski definition) is 2. The van der Waals surface area contributed by atoms with Crippen LogP contribution in [0, 0.1) is 15.9 Å². The van der Waals surface area contributed by atoms with Crippen molar-refractivity contribution in [3.05, 3.63) is 75.3 Å². The number of benzene rings is 2. The van der Waals surface area contributed by atoms with Crippen LogP contribution in [0.5, 0.6) is 0 Å². The molecule has 3 aromatic rings. The molecule has 25 heavy (non-hydrogen) atoms. The average molecular weight is 342 g/mol. The number of rotatable bonds is 5. The highest BCUT2D eigenvalue weighted by Gasteiger charge is 2.21. The Balaban J connectivity index is 1.75. The maximum Gasteiger partial charge on any atom is 0.282 e. The van der Waals surface area contributed by atoms with Gasteiger partial charge in [-0.25, -0.2) is 4.39 Å². The second-order valence-electron chi connectivity index (χ2n) is 5.07. The van der Waals surface area contributed by atoms with Gasteiger partial charge in [0.05, 0.1) is 4.92 Å². The number of nitro benzene ring substituents is 1. The highest BCUT2D eigenvalue weighted by molar-refractivity contribution is 6.07. The van der Waals surface area contributed by atoms with Gasteiger partial charge in [0.1, 0.15) is 11.4 Å². The number of tetrazole rings is 1. The number of anilines is 1. The van der Waals surface area contributed by atoms with E-state index < -0.39 is 22.3 Å². The van der Waals surface area contributed by atoms with Crippen molar-refractivity contribution in [3.8, 4) is 0 Å². The Morgan fingerprint density at radius 3 is 2.64 bits per heavy atom. The highest BCUT2D eigenvalue weighted by atomic mass is 19.1. The van der Waals surface area contributed by atoms with Crippen molar-refractivity contribution in [2.75, 3.05) is 5.32 Å². The molecule has 2 N–H and O–H groups in total. The van der Waals surface area contributed by atoms with Crippen molar-refractivity contribution < 1.29 is 14.1 Å². The topological polar surface area (TPSA) is 127 Å². The fourth-order valence-electron chi connectivity index (χ4n) is 2.19. The van der Waals surface area contributed by atoms with Gasteiger partial charge in [0.15, 0.2) is 5.82 Å². The number of hydrogen-bond acceptors (Lipinski definition) is 6. The molecular formula is C15H11FN6O3. The van der Waals surface area contributed by atoms with E-state index in [1.54, 1.807) is 24.3 Å². The third-order valence-corrected chi connectivity index (χ3v) is 3.36. The standard InChI is InChI=1S/C15H11FN6O3/c16-10-3-6-13(22(24)25)12(8-10)15(23)17-11-4-1-9(2-5-11)7-14-18-20-21-19-14/h1-6,8H,7H2,(H,17,23)(H,18,19,20,21). The molecule has 2 aromatic carbocycles. The minimum absolute atomic E-state index is 0.346. The van der Waals surface area contributed by atoms with E-state index in [0.29, 0.717) is 17.9 Å². The smallest absolute Gasteiger partial charge is 0.282 e. The molecule has 9 nitrogen and oxygen atoms in total. The number of aromatic amines is 1. The summed E-state index contributed by atoms with van der Waals surface area (Å²) in [6, 6.07) is 9.45. The molecule has 0 aliphatic rings. The summed E-state index contributed by atoms with van der Waals surface area (Å²) in [4.78, 5) is 22.5. The molecule has 1 amide bonds. The van der Waals surface area contributed by atoms with Crippen LogP contribution in [0.25, 0.3) is 0 Å². The Labute approximate surface area is 140 Å². The first-order valence-electron chi connectivity index (χ1n) is 7.09. The summed E-state index contributed by atoms with van der Waals surface area (Å²) in [6.45, 7) is 0. The molecule has 0 saturated carbocycles. The number of nitrogens with one attached hydrogen (secondary N) is 2. The molecule has 126 valence electrons. The number of halogens is 1. The molecule has 1 heterocycles. The SMILES string of the molecule is O=C(Nc1ccc(Cc2nn[nH]n2)cc1)c1cc(F)ccc1[N+](=O)[O-]. The van der Waals surface area contributed by atoms with Gasteiger partial charge in [0.25, 0.3) is 11.6 Å². The van der Waals surface area contributed by atoms with Crippen molar-refractivity contribution in [2.24, 2.45) is 0 Å². The second-order valence-corrected chi connectivity index (χ2v) is 5.07. The van der Waals surface area contributed by atoms with Crippen LogP contribution < -0.4 is 5.32 Å². The predicted molar refractivity (Wildman–Crippen MR) is 84.4 cm³/mol. The minimum Gasteiger partial charge on any atom is -0.322 e. The van der Waals surface area contributed by atoms with Crippen molar-refractivity contribution >= 4 is 17.3 Å². The average Bonchev–Trinajstić information content (AvgIpc) is 3.09. The Kier molecular flexibility index (Phi) is 4.42. The van der Waals surface area contributed by atoms with Gasteiger partial charge in [-0.15, -0.1) is 10.2 Å². The number of carbonyl (C=O) groups excluding carboxylic acids is 1. The maximum absolute atomic E-state index is 13.3. The van der Waals surface area contributed by atoms with Crippen LogP contribution >= 0.6 is 0 Å². The lowest BCUT2D eigenvalue weighted by molar-refractivity contribution is -0.385. The lowest BCUT2D eigenvalue weighted by Crippen LogP contribution is -2.14. The van der Waals surface area contributed by atoms with Crippen molar-refractivity contribution in [2.45, 2.75) is 6.42 Å². The Hall–Kier alpha value is -3.69. The van der Waals surface area contributed by atoms with E-state index in [-0.39, 0.29) is 5.56 Å². The van der Waals surface area contributed by atoms with E-state index in [4.69, 9.17) is 0 Å². The fourth-order valence-corrected chi connectivity index (χ4v) is 2.19. The van der Waals surface area contributed by atoms with E-state index in [9.17, 15) is 19.3 Å². The Bertz CT molecular complexity index is 912. The van der Waals surface area contributed by atoms with E-state index in [1.807, 2.05) is 0 Å². The molecule has 10 heteroatoms. The minimum atomic E-state index is -0.767. The summed E-state index contributed by atoms with van der Waals surface area (Å²) >= 11 is 0.